The molecule has 2 atom stereocenters. The second-order valence-corrected chi connectivity index (χ2v) is 5.21. The first kappa shape index (κ1) is 12.9. The highest BCUT2D eigenvalue weighted by molar-refractivity contribution is 6.05. The highest BCUT2D eigenvalue weighted by atomic mass is 16.5. The van der Waals surface area contributed by atoms with Crippen LogP contribution >= 0.6 is 0 Å². The number of carbonyl (C=O) groups excluding carboxylic acids is 1. The van der Waals surface area contributed by atoms with Crippen LogP contribution in [0.2, 0.25) is 0 Å². The number of nitrogens with two attached hydrogens (primary N) is 1. The molecule has 1 fully saturated rings. The fraction of sp³-hybridized carbons (Fsp3) is 0.429. The van der Waals surface area contributed by atoms with E-state index >= 15 is 0 Å². The minimum absolute atomic E-state index is 0.180. The normalized spacial score (nSPS) is 22.2. The maximum Gasteiger partial charge on any atom is 0.272 e. The molecule has 1 amide bonds. The van der Waals surface area contributed by atoms with Gasteiger partial charge in [0.1, 0.15) is 0 Å². The van der Waals surface area contributed by atoms with Crippen molar-refractivity contribution in [2.75, 3.05) is 18.9 Å². The molecular formula is C14H18N4O2. The number of nitrogens with one attached hydrogen (secondary N) is 2. The van der Waals surface area contributed by atoms with E-state index in [1.54, 1.807) is 12.1 Å². The zero-order valence-corrected chi connectivity index (χ0v) is 11.3. The fourth-order valence-electron chi connectivity index (χ4n) is 2.56. The minimum atomic E-state index is -0.180. The van der Waals surface area contributed by atoms with Crippen molar-refractivity contribution in [1.29, 1.82) is 0 Å². The lowest BCUT2D eigenvalue weighted by Gasteiger charge is -2.14. The van der Waals surface area contributed by atoms with Crippen molar-refractivity contribution in [2.24, 2.45) is 5.92 Å². The van der Waals surface area contributed by atoms with Gasteiger partial charge in [-0.3, -0.25) is 9.89 Å². The quantitative estimate of drug-likeness (QED) is 0.735. The van der Waals surface area contributed by atoms with E-state index in [-0.39, 0.29) is 12.0 Å². The second kappa shape index (κ2) is 5.13. The first-order valence-electron chi connectivity index (χ1n) is 6.78. The first-order chi connectivity index (χ1) is 9.65. The van der Waals surface area contributed by atoms with Gasteiger partial charge in [0.2, 0.25) is 0 Å². The molecule has 20 heavy (non-hydrogen) atoms. The van der Waals surface area contributed by atoms with Crippen molar-refractivity contribution in [1.82, 2.24) is 15.5 Å². The number of hydrogen-bond acceptors (Lipinski definition) is 4. The molecule has 2 heterocycles. The molecule has 3 rings (SSSR count). The number of carbonyl (C=O) groups is 1. The molecule has 106 valence electrons. The summed E-state index contributed by atoms with van der Waals surface area (Å²) in [5.41, 5.74) is 7.57. The number of rotatable bonds is 3. The van der Waals surface area contributed by atoms with Gasteiger partial charge >= 0.3 is 0 Å². The molecular weight excluding hydrogens is 256 g/mol. The molecule has 0 aliphatic carbocycles. The maximum absolute atomic E-state index is 12.2. The molecule has 1 aromatic heterocycles. The standard InChI is InChI=1S/C14H18N4O2/c1-8-9(4-5-20-8)7-16-14(19)13-11-6-10(15)2-3-12(11)17-18-13/h2-3,6,8-9H,4-5,7,15H2,1H3,(H,16,19)(H,17,18). The van der Waals surface area contributed by atoms with Gasteiger partial charge in [0.05, 0.1) is 11.6 Å². The smallest absolute Gasteiger partial charge is 0.272 e. The molecule has 1 aromatic carbocycles. The van der Waals surface area contributed by atoms with Crippen LogP contribution in [0.15, 0.2) is 18.2 Å². The third-order valence-electron chi connectivity index (χ3n) is 3.86. The number of hydrogen-bond donors (Lipinski definition) is 3. The summed E-state index contributed by atoms with van der Waals surface area (Å²) in [6, 6.07) is 5.36. The molecule has 0 spiro atoms. The lowest BCUT2D eigenvalue weighted by molar-refractivity contribution is 0.0904. The first-order valence-corrected chi connectivity index (χ1v) is 6.78. The van der Waals surface area contributed by atoms with Gasteiger partial charge in [-0.1, -0.05) is 0 Å². The number of H-pyrrole nitrogens is 1. The van der Waals surface area contributed by atoms with Crippen molar-refractivity contribution in [3.05, 3.63) is 23.9 Å². The summed E-state index contributed by atoms with van der Waals surface area (Å²) >= 11 is 0. The van der Waals surface area contributed by atoms with E-state index in [2.05, 4.69) is 15.5 Å². The molecule has 1 aliphatic heterocycles. The molecule has 1 aliphatic rings. The number of amides is 1. The lowest BCUT2D eigenvalue weighted by atomic mass is 10.0. The zero-order chi connectivity index (χ0) is 14.1. The molecule has 0 saturated carbocycles. The van der Waals surface area contributed by atoms with Gasteiger partial charge in [-0.2, -0.15) is 5.10 Å². The van der Waals surface area contributed by atoms with Gasteiger partial charge in [0, 0.05) is 30.1 Å². The van der Waals surface area contributed by atoms with Crippen LogP contribution in [0.25, 0.3) is 10.9 Å². The molecule has 2 unspecified atom stereocenters. The number of ether oxygens (including phenoxy) is 1. The number of anilines is 1. The summed E-state index contributed by atoms with van der Waals surface area (Å²) in [6.07, 6.45) is 1.18. The Morgan fingerprint density at radius 2 is 2.45 bits per heavy atom. The van der Waals surface area contributed by atoms with Crippen molar-refractivity contribution in [2.45, 2.75) is 19.4 Å². The average molecular weight is 274 g/mol. The van der Waals surface area contributed by atoms with Gasteiger partial charge in [0.25, 0.3) is 5.91 Å². The SMILES string of the molecule is CC1OCCC1CNC(=O)c1n[nH]c2ccc(N)cc12. The summed E-state index contributed by atoms with van der Waals surface area (Å²) in [7, 11) is 0. The summed E-state index contributed by atoms with van der Waals surface area (Å²) in [6.45, 7) is 3.41. The highest BCUT2D eigenvalue weighted by Crippen LogP contribution is 2.21. The van der Waals surface area contributed by atoms with Crippen LogP contribution in [-0.4, -0.2) is 35.4 Å². The average Bonchev–Trinajstić information content (AvgIpc) is 3.02. The van der Waals surface area contributed by atoms with Crippen molar-refractivity contribution < 1.29 is 9.53 Å². The van der Waals surface area contributed by atoms with Crippen LogP contribution in [0.3, 0.4) is 0 Å². The number of nitrogens with zero attached hydrogens (tertiary/aromatic N) is 1. The Morgan fingerprint density at radius 3 is 3.20 bits per heavy atom. The van der Waals surface area contributed by atoms with E-state index < -0.39 is 0 Å². The lowest BCUT2D eigenvalue weighted by Crippen LogP contribution is -2.32. The second-order valence-electron chi connectivity index (χ2n) is 5.21. The third kappa shape index (κ3) is 2.34. The van der Waals surface area contributed by atoms with E-state index in [1.807, 2.05) is 13.0 Å². The van der Waals surface area contributed by atoms with Gasteiger partial charge in [-0.15, -0.1) is 0 Å². The molecule has 0 bridgehead atoms. The number of nitrogen functional groups attached to an aromatic ring is 1. The predicted molar refractivity (Wildman–Crippen MR) is 76.4 cm³/mol. The van der Waals surface area contributed by atoms with Crippen molar-refractivity contribution in [3.63, 3.8) is 0 Å². The van der Waals surface area contributed by atoms with Gasteiger partial charge in [0.15, 0.2) is 5.69 Å². The minimum Gasteiger partial charge on any atom is -0.399 e. The van der Waals surface area contributed by atoms with E-state index in [0.29, 0.717) is 23.8 Å². The van der Waals surface area contributed by atoms with Gasteiger partial charge in [-0.05, 0) is 31.5 Å². The van der Waals surface area contributed by atoms with Crippen LogP contribution < -0.4 is 11.1 Å². The maximum atomic E-state index is 12.2. The number of fused-ring (bicyclic) bond motifs is 1. The molecule has 4 N–H and O–H groups in total. The molecule has 0 radical (unpaired) electrons. The van der Waals surface area contributed by atoms with Gasteiger partial charge in [-0.25, -0.2) is 0 Å². The number of benzene rings is 1. The van der Waals surface area contributed by atoms with Crippen LogP contribution in [0.4, 0.5) is 5.69 Å². The third-order valence-corrected chi connectivity index (χ3v) is 3.86. The summed E-state index contributed by atoms with van der Waals surface area (Å²) in [5.74, 6) is 0.190. The van der Waals surface area contributed by atoms with E-state index in [9.17, 15) is 4.79 Å². The van der Waals surface area contributed by atoms with Crippen LogP contribution in [0.1, 0.15) is 23.8 Å². The molecule has 1 saturated heterocycles. The summed E-state index contributed by atoms with van der Waals surface area (Å²) in [4.78, 5) is 12.2. The number of aromatic nitrogens is 2. The van der Waals surface area contributed by atoms with Gasteiger partial charge < -0.3 is 15.8 Å². The molecule has 2 aromatic rings. The van der Waals surface area contributed by atoms with Crippen molar-refractivity contribution >= 4 is 22.5 Å². The zero-order valence-electron chi connectivity index (χ0n) is 11.3. The Hall–Kier alpha value is -2.08. The van der Waals surface area contributed by atoms with Crippen LogP contribution in [0.5, 0.6) is 0 Å². The fourth-order valence-corrected chi connectivity index (χ4v) is 2.56. The number of aromatic amines is 1. The Balaban J connectivity index is 1.74. The van der Waals surface area contributed by atoms with Crippen LogP contribution in [-0.2, 0) is 4.74 Å². The van der Waals surface area contributed by atoms with E-state index in [4.69, 9.17) is 10.5 Å². The molecule has 6 nitrogen and oxygen atoms in total. The largest absolute Gasteiger partial charge is 0.399 e. The summed E-state index contributed by atoms with van der Waals surface area (Å²) in [5, 5.41) is 10.6. The topological polar surface area (TPSA) is 93.0 Å². The Labute approximate surface area is 116 Å². The summed E-state index contributed by atoms with van der Waals surface area (Å²) < 4.78 is 5.48. The van der Waals surface area contributed by atoms with E-state index in [0.717, 1.165) is 23.9 Å². The van der Waals surface area contributed by atoms with Crippen molar-refractivity contribution in [3.8, 4) is 0 Å². The Kier molecular flexibility index (Phi) is 3.31. The highest BCUT2D eigenvalue weighted by Gasteiger charge is 2.25. The Morgan fingerprint density at radius 1 is 1.60 bits per heavy atom. The monoisotopic (exact) mass is 274 g/mol. The van der Waals surface area contributed by atoms with Crippen LogP contribution in [0, 0.1) is 5.92 Å². The molecule has 6 heteroatoms. The van der Waals surface area contributed by atoms with E-state index in [1.165, 1.54) is 0 Å². The Bertz CT molecular complexity index is 637. The predicted octanol–water partition coefficient (Wildman–Crippen LogP) is 1.30.